The Labute approximate surface area is 109 Å². The van der Waals surface area contributed by atoms with Crippen molar-refractivity contribution >= 4 is 6.03 Å². The molecule has 4 nitrogen and oxygen atoms in total. The molecule has 3 rings (SSSR count). The highest BCUT2D eigenvalue weighted by Gasteiger charge is 2.32. The van der Waals surface area contributed by atoms with Crippen LogP contribution in [0, 0.1) is 0 Å². The van der Waals surface area contributed by atoms with Crippen molar-refractivity contribution in [3.8, 4) is 0 Å². The summed E-state index contributed by atoms with van der Waals surface area (Å²) in [4.78, 5) is 14.5. The molecule has 18 heavy (non-hydrogen) atoms. The maximum atomic E-state index is 11.9. The fourth-order valence-corrected chi connectivity index (χ4v) is 3.84. The third-order valence-electron chi connectivity index (χ3n) is 4.85. The summed E-state index contributed by atoms with van der Waals surface area (Å²) in [5.41, 5.74) is 0. The molecule has 3 fully saturated rings. The smallest absolute Gasteiger partial charge is 0.315 e. The van der Waals surface area contributed by atoms with Crippen LogP contribution in [0.5, 0.6) is 0 Å². The van der Waals surface area contributed by atoms with Gasteiger partial charge in [0.25, 0.3) is 0 Å². The third kappa shape index (κ3) is 2.79. The van der Waals surface area contributed by atoms with Crippen LogP contribution in [0.2, 0.25) is 0 Å². The maximum absolute atomic E-state index is 11.9. The molecule has 3 aliphatic rings. The van der Waals surface area contributed by atoms with Crippen LogP contribution in [0.4, 0.5) is 4.79 Å². The first-order valence-electron chi connectivity index (χ1n) is 7.62. The molecule has 4 heteroatoms. The van der Waals surface area contributed by atoms with Crippen LogP contribution in [-0.2, 0) is 0 Å². The summed E-state index contributed by atoms with van der Waals surface area (Å²) >= 11 is 0. The molecule has 2 amide bonds. The van der Waals surface area contributed by atoms with Crippen molar-refractivity contribution in [1.82, 2.24) is 15.5 Å². The molecule has 2 unspecified atom stereocenters. The average Bonchev–Trinajstić information content (AvgIpc) is 2.98. The first-order valence-corrected chi connectivity index (χ1v) is 7.62. The van der Waals surface area contributed by atoms with Crippen LogP contribution in [0.3, 0.4) is 0 Å². The lowest BCUT2D eigenvalue weighted by molar-refractivity contribution is 0.165. The van der Waals surface area contributed by atoms with E-state index < -0.39 is 0 Å². The molecule has 2 atom stereocenters. The number of urea groups is 1. The molecule has 102 valence electrons. The Morgan fingerprint density at radius 3 is 2.50 bits per heavy atom. The number of carbonyl (C=O) groups is 1. The van der Waals surface area contributed by atoms with Crippen LogP contribution < -0.4 is 10.6 Å². The van der Waals surface area contributed by atoms with E-state index in [0.29, 0.717) is 12.1 Å². The van der Waals surface area contributed by atoms with E-state index in [9.17, 15) is 4.79 Å². The molecule has 0 radical (unpaired) electrons. The average molecular weight is 251 g/mol. The van der Waals surface area contributed by atoms with E-state index >= 15 is 0 Å². The summed E-state index contributed by atoms with van der Waals surface area (Å²) in [6, 6.07) is 1.62. The van der Waals surface area contributed by atoms with Gasteiger partial charge in [-0.05, 0) is 45.1 Å². The topological polar surface area (TPSA) is 44.4 Å². The van der Waals surface area contributed by atoms with Gasteiger partial charge in [0.05, 0.1) is 0 Å². The number of nitrogens with zero attached hydrogens (tertiary/aromatic N) is 1. The van der Waals surface area contributed by atoms with Gasteiger partial charge >= 0.3 is 6.03 Å². The van der Waals surface area contributed by atoms with E-state index in [1.54, 1.807) is 0 Å². The predicted molar refractivity (Wildman–Crippen MR) is 71.5 cm³/mol. The molecular formula is C14H25N3O. The summed E-state index contributed by atoms with van der Waals surface area (Å²) in [5.74, 6) is 0. The molecule has 1 aliphatic carbocycles. The third-order valence-corrected chi connectivity index (χ3v) is 4.85. The Morgan fingerprint density at radius 1 is 0.889 bits per heavy atom. The van der Waals surface area contributed by atoms with Gasteiger partial charge in [-0.2, -0.15) is 0 Å². The van der Waals surface area contributed by atoms with E-state index in [4.69, 9.17) is 0 Å². The lowest BCUT2D eigenvalue weighted by Crippen LogP contribution is -2.51. The fourth-order valence-electron chi connectivity index (χ4n) is 3.84. The summed E-state index contributed by atoms with van der Waals surface area (Å²) in [6.07, 6.45) is 9.79. The zero-order chi connectivity index (χ0) is 12.4. The number of nitrogens with one attached hydrogen (secondary N) is 2. The standard InChI is InChI=1S/C14H25N3O/c18-14(15-11-4-1-2-5-11)16-12-7-9-17-8-3-6-13(17)10-12/h11-13H,1-10H2,(H2,15,16,18). The number of fused-ring (bicyclic) bond motifs is 1. The van der Waals surface area contributed by atoms with E-state index in [0.717, 1.165) is 31.7 Å². The van der Waals surface area contributed by atoms with Crippen LogP contribution in [0.25, 0.3) is 0 Å². The van der Waals surface area contributed by atoms with Crippen molar-refractivity contribution < 1.29 is 4.79 Å². The second-order valence-corrected chi connectivity index (χ2v) is 6.15. The van der Waals surface area contributed by atoms with Crippen molar-refractivity contribution in [2.45, 2.75) is 69.5 Å². The van der Waals surface area contributed by atoms with Crippen LogP contribution in [0.15, 0.2) is 0 Å². The second kappa shape index (κ2) is 5.47. The molecule has 2 aliphatic heterocycles. The molecule has 1 saturated carbocycles. The molecular weight excluding hydrogens is 226 g/mol. The van der Waals surface area contributed by atoms with Gasteiger partial charge in [-0.3, -0.25) is 0 Å². The lowest BCUT2D eigenvalue weighted by atomic mass is 9.98. The Kier molecular flexibility index (Phi) is 3.73. The fraction of sp³-hybridized carbons (Fsp3) is 0.929. The van der Waals surface area contributed by atoms with E-state index in [2.05, 4.69) is 15.5 Å². The number of amides is 2. The molecule has 0 aromatic rings. The largest absolute Gasteiger partial charge is 0.335 e. The summed E-state index contributed by atoms with van der Waals surface area (Å²) in [6.45, 7) is 2.44. The molecule has 0 spiro atoms. The first-order chi connectivity index (χ1) is 8.81. The SMILES string of the molecule is O=C(NC1CCCC1)NC1CCN2CCCC2C1. The Balaban J connectivity index is 1.43. The quantitative estimate of drug-likeness (QED) is 0.787. The van der Waals surface area contributed by atoms with Crippen LogP contribution >= 0.6 is 0 Å². The van der Waals surface area contributed by atoms with Gasteiger partial charge in [-0.1, -0.05) is 12.8 Å². The summed E-state index contributed by atoms with van der Waals surface area (Å²) in [7, 11) is 0. The first kappa shape index (κ1) is 12.3. The van der Waals surface area contributed by atoms with E-state index in [1.165, 1.54) is 38.8 Å². The van der Waals surface area contributed by atoms with Crippen LogP contribution in [-0.4, -0.2) is 42.1 Å². The zero-order valence-electron chi connectivity index (χ0n) is 11.2. The minimum Gasteiger partial charge on any atom is -0.335 e. The Morgan fingerprint density at radius 2 is 1.67 bits per heavy atom. The second-order valence-electron chi connectivity index (χ2n) is 6.15. The predicted octanol–water partition coefficient (Wildman–Crippen LogP) is 1.85. The van der Waals surface area contributed by atoms with Crippen molar-refractivity contribution in [2.24, 2.45) is 0 Å². The minimum atomic E-state index is 0.0679. The Hall–Kier alpha value is -0.770. The Bertz CT molecular complexity index is 301. The van der Waals surface area contributed by atoms with Gasteiger partial charge < -0.3 is 15.5 Å². The van der Waals surface area contributed by atoms with E-state index in [-0.39, 0.29) is 6.03 Å². The minimum absolute atomic E-state index is 0.0679. The molecule has 0 aromatic heterocycles. The van der Waals surface area contributed by atoms with Gasteiger partial charge in [0, 0.05) is 24.7 Å². The van der Waals surface area contributed by atoms with Crippen molar-refractivity contribution in [3.63, 3.8) is 0 Å². The van der Waals surface area contributed by atoms with Gasteiger partial charge in [0.2, 0.25) is 0 Å². The molecule has 2 N–H and O–H groups in total. The highest BCUT2D eigenvalue weighted by Crippen LogP contribution is 2.26. The normalized spacial score (nSPS) is 33.3. The van der Waals surface area contributed by atoms with Crippen molar-refractivity contribution in [2.75, 3.05) is 13.1 Å². The zero-order valence-corrected chi connectivity index (χ0v) is 11.2. The van der Waals surface area contributed by atoms with Crippen molar-refractivity contribution in [1.29, 1.82) is 0 Å². The van der Waals surface area contributed by atoms with Gasteiger partial charge in [-0.15, -0.1) is 0 Å². The number of rotatable bonds is 2. The molecule has 0 bridgehead atoms. The number of hydrogen-bond acceptors (Lipinski definition) is 2. The van der Waals surface area contributed by atoms with Gasteiger partial charge in [0.1, 0.15) is 0 Å². The molecule has 2 heterocycles. The van der Waals surface area contributed by atoms with Crippen LogP contribution in [0.1, 0.15) is 51.4 Å². The van der Waals surface area contributed by atoms with Crippen molar-refractivity contribution in [3.05, 3.63) is 0 Å². The summed E-state index contributed by atoms with van der Waals surface area (Å²) in [5, 5.41) is 6.30. The molecule has 2 saturated heterocycles. The lowest BCUT2D eigenvalue weighted by Gasteiger charge is -2.35. The highest BCUT2D eigenvalue weighted by molar-refractivity contribution is 5.74. The number of hydrogen-bond donors (Lipinski definition) is 2. The van der Waals surface area contributed by atoms with Gasteiger partial charge in [-0.25, -0.2) is 4.79 Å². The monoisotopic (exact) mass is 251 g/mol. The number of carbonyl (C=O) groups excluding carboxylic acids is 1. The number of piperidine rings is 1. The maximum Gasteiger partial charge on any atom is 0.315 e. The highest BCUT2D eigenvalue weighted by atomic mass is 16.2. The summed E-state index contributed by atoms with van der Waals surface area (Å²) < 4.78 is 0. The molecule has 0 aromatic carbocycles. The van der Waals surface area contributed by atoms with E-state index in [1.807, 2.05) is 0 Å². The van der Waals surface area contributed by atoms with Gasteiger partial charge in [0.15, 0.2) is 0 Å².